The zero-order valence-electron chi connectivity index (χ0n) is 10.2. The molecule has 0 radical (unpaired) electrons. The summed E-state index contributed by atoms with van der Waals surface area (Å²) < 4.78 is 5.83. The first-order valence-electron chi connectivity index (χ1n) is 6.21. The van der Waals surface area contributed by atoms with Gasteiger partial charge in [-0.2, -0.15) is 0 Å². The Morgan fingerprint density at radius 2 is 2.00 bits per heavy atom. The van der Waals surface area contributed by atoms with Crippen LogP contribution in [0, 0.1) is 6.92 Å². The van der Waals surface area contributed by atoms with E-state index in [9.17, 15) is 0 Å². The van der Waals surface area contributed by atoms with Crippen LogP contribution in [0.5, 0.6) is 5.75 Å². The first kappa shape index (κ1) is 11.5. The second-order valence-corrected chi connectivity index (χ2v) is 4.76. The summed E-state index contributed by atoms with van der Waals surface area (Å²) in [7, 11) is 0. The lowest BCUT2D eigenvalue weighted by Crippen LogP contribution is -2.23. The number of benzene rings is 1. The molecule has 1 aromatic carbocycles. The molecule has 2 nitrogen and oxygen atoms in total. The van der Waals surface area contributed by atoms with E-state index in [2.05, 4.69) is 31.3 Å². The van der Waals surface area contributed by atoms with Gasteiger partial charge in [0, 0.05) is 6.04 Å². The number of hydrogen-bond donors (Lipinski definition) is 1. The van der Waals surface area contributed by atoms with E-state index in [0.717, 1.165) is 24.8 Å². The molecule has 1 atom stereocenters. The van der Waals surface area contributed by atoms with E-state index < -0.39 is 0 Å². The minimum Gasteiger partial charge on any atom is -0.491 e. The molecule has 1 aliphatic rings. The normalized spacial score (nSPS) is 17.1. The first-order valence-corrected chi connectivity index (χ1v) is 6.21. The molecule has 1 saturated carbocycles. The van der Waals surface area contributed by atoms with E-state index in [-0.39, 0.29) is 6.10 Å². The van der Waals surface area contributed by atoms with Crippen LogP contribution in [0.1, 0.15) is 31.7 Å². The Morgan fingerprint density at radius 3 is 2.62 bits per heavy atom. The fourth-order valence-corrected chi connectivity index (χ4v) is 1.69. The molecule has 0 bridgehead atoms. The van der Waals surface area contributed by atoms with Gasteiger partial charge >= 0.3 is 0 Å². The zero-order valence-corrected chi connectivity index (χ0v) is 10.2. The van der Waals surface area contributed by atoms with Crippen molar-refractivity contribution in [3.63, 3.8) is 0 Å². The predicted octanol–water partition coefficient (Wildman–Crippen LogP) is 2.90. The van der Waals surface area contributed by atoms with Gasteiger partial charge in [-0.15, -0.1) is 0 Å². The summed E-state index contributed by atoms with van der Waals surface area (Å²) in [4.78, 5) is 0. The Morgan fingerprint density at radius 1 is 1.31 bits per heavy atom. The summed E-state index contributed by atoms with van der Waals surface area (Å²) >= 11 is 0. The van der Waals surface area contributed by atoms with Crippen molar-refractivity contribution in [1.29, 1.82) is 0 Å². The van der Waals surface area contributed by atoms with Crippen LogP contribution in [-0.4, -0.2) is 18.7 Å². The molecule has 1 N–H and O–H groups in total. The monoisotopic (exact) mass is 219 g/mol. The van der Waals surface area contributed by atoms with Gasteiger partial charge in [-0.3, -0.25) is 0 Å². The van der Waals surface area contributed by atoms with E-state index in [1.165, 1.54) is 18.4 Å². The van der Waals surface area contributed by atoms with E-state index >= 15 is 0 Å². The SMILES string of the molecule is Cc1ccc(OC(C)CCNC2CC2)cc1. The van der Waals surface area contributed by atoms with Crippen molar-refractivity contribution in [3.8, 4) is 5.75 Å². The minimum atomic E-state index is 0.286. The summed E-state index contributed by atoms with van der Waals surface area (Å²) in [6, 6.07) is 9.06. The van der Waals surface area contributed by atoms with Gasteiger partial charge in [-0.1, -0.05) is 17.7 Å². The highest BCUT2D eigenvalue weighted by molar-refractivity contribution is 5.26. The van der Waals surface area contributed by atoms with Crippen molar-refractivity contribution in [2.45, 2.75) is 45.3 Å². The second-order valence-electron chi connectivity index (χ2n) is 4.76. The number of hydrogen-bond acceptors (Lipinski definition) is 2. The molecule has 2 rings (SSSR count). The molecular formula is C14H21NO. The average molecular weight is 219 g/mol. The van der Waals surface area contributed by atoms with Gasteiger partial charge in [0.15, 0.2) is 0 Å². The van der Waals surface area contributed by atoms with E-state index in [0.29, 0.717) is 0 Å². The molecule has 1 unspecified atom stereocenters. The summed E-state index contributed by atoms with van der Waals surface area (Å²) in [5.74, 6) is 0.976. The van der Waals surface area contributed by atoms with Crippen molar-refractivity contribution < 1.29 is 4.74 Å². The van der Waals surface area contributed by atoms with E-state index in [4.69, 9.17) is 4.74 Å². The summed E-state index contributed by atoms with van der Waals surface area (Å²) in [6.07, 6.45) is 4.07. The Labute approximate surface area is 98.0 Å². The molecule has 1 aromatic rings. The Hall–Kier alpha value is -1.02. The van der Waals surface area contributed by atoms with Crippen LogP contribution in [0.4, 0.5) is 0 Å². The minimum absolute atomic E-state index is 0.286. The fraction of sp³-hybridized carbons (Fsp3) is 0.571. The summed E-state index contributed by atoms with van der Waals surface area (Å²) in [5, 5.41) is 3.50. The number of nitrogens with one attached hydrogen (secondary N) is 1. The maximum absolute atomic E-state index is 5.83. The lowest BCUT2D eigenvalue weighted by Gasteiger charge is -2.15. The van der Waals surface area contributed by atoms with Gasteiger partial charge in [0.05, 0.1) is 6.10 Å². The molecule has 0 spiro atoms. The largest absolute Gasteiger partial charge is 0.491 e. The van der Waals surface area contributed by atoms with Crippen molar-refractivity contribution >= 4 is 0 Å². The number of aryl methyl sites for hydroxylation is 1. The highest BCUT2D eigenvalue weighted by Crippen LogP contribution is 2.19. The molecule has 0 aliphatic heterocycles. The third kappa shape index (κ3) is 3.86. The molecule has 0 heterocycles. The van der Waals surface area contributed by atoms with Crippen LogP contribution >= 0.6 is 0 Å². The maximum Gasteiger partial charge on any atom is 0.119 e. The molecular weight excluding hydrogens is 198 g/mol. The van der Waals surface area contributed by atoms with E-state index in [1.807, 2.05) is 12.1 Å². The van der Waals surface area contributed by atoms with Crippen LogP contribution in [0.15, 0.2) is 24.3 Å². The summed E-state index contributed by atoms with van der Waals surface area (Å²) in [5.41, 5.74) is 1.27. The molecule has 2 heteroatoms. The van der Waals surface area contributed by atoms with E-state index in [1.54, 1.807) is 0 Å². The molecule has 0 saturated heterocycles. The molecule has 1 aliphatic carbocycles. The lowest BCUT2D eigenvalue weighted by molar-refractivity contribution is 0.210. The van der Waals surface area contributed by atoms with Gasteiger partial charge in [0.2, 0.25) is 0 Å². The Bertz CT molecular complexity index is 316. The van der Waals surface area contributed by atoms with Crippen molar-refractivity contribution in [1.82, 2.24) is 5.32 Å². The third-order valence-corrected chi connectivity index (χ3v) is 2.92. The Balaban J connectivity index is 1.68. The van der Waals surface area contributed by atoms with Crippen LogP contribution in [0.3, 0.4) is 0 Å². The predicted molar refractivity (Wildman–Crippen MR) is 66.9 cm³/mol. The van der Waals surface area contributed by atoms with Gasteiger partial charge in [-0.05, 0) is 51.8 Å². The van der Waals surface area contributed by atoms with Gasteiger partial charge < -0.3 is 10.1 Å². The topological polar surface area (TPSA) is 21.3 Å². The van der Waals surface area contributed by atoms with Crippen molar-refractivity contribution in [3.05, 3.63) is 29.8 Å². The lowest BCUT2D eigenvalue weighted by atomic mass is 10.2. The number of ether oxygens (including phenoxy) is 1. The smallest absolute Gasteiger partial charge is 0.119 e. The third-order valence-electron chi connectivity index (χ3n) is 2.92. The zero-order chi connectivity index (χ0) is 11.4. The molecule has 0 aromatic heterocycles. The van der Waals surface area contributed by atoms with Crippen LogP contribution in [0.2, 0.25) is 0 Å². The quantitative estimate of drug-likeness (QED) is 0.794. The highest BCUT2D eigenvalue weighted by atomic mass is 16.5. The number of rotatable bonds is 6. The second kappa shape index (κ2) is 5.35. The first-order chi connectivity index (χ1) is 7.74. The van der Waals surface area contributed by atoms with Crippen LogP contribution in [-0.2, 0) is 0 Å². The maximum atomic E-state index is 5.83. The highest BCUT2D eigenvalue weighted by Gasteiger charge is 2.20. The van der Waals surface area contributed by atoms with Gasteiger partial charge in [0.1, 0.15) is 5.75 Å². The van der Waals surface area contributed by atoms with Gasteiger partial charge in [-0.25, -0.2) is 0 Å². The van der Waals surface area contributed by atoms with Crippen LogP contribution < -0.4 is 10.1 Å². The fourth-order valence-electron chi connectivity index (χ4n) is 1.69. The van der Waals surface area contributed by atoms with Crippen LogP contribution in [0.25, 0.3) is 0 Å². The molecule has 0 amide bonds. The van der Waals surface area contributed by atoms with Crippen molar-refractivity contribution in [2.24, 2.45) is 0 Å². The molecule has 16 heavy (non-hydrogen) atoms. The Kier molecular flexibility index (Phi) is 3.83. The summed E-state index contributed by atoms with van der Waals surface area (Å²) in [6.45, 7) is 5.29. The van der Waals surface area contributed by atoms with Gasteiger partial charge in [0.25, 0.3) is 0 Å². The van der Waals surface area contributed by atoms with Crippen molar-refractivity contribution in [2.75, 3.05) is 6.54 Å². The standard InChI is InChI=1S/C14H21NO/c1-11-3-7-14(8-4-11)16-12(2)9-10-15-13-5-6-13/h3-4,7-8,12-13,15H,5-6,9-10H2,1-2H3. The molecule has 88 valence electrons. The molecule has 1 fully saturated rings. The average Bonchev–Trinajstić information content (AvgIpc) is 3.05.